The van der Waals surface area contributed by atoms with Crippen molar-refractivity contribution < 1.29 is 4.79 Å². The number of H-pyrrole nitrogens is 1. The van der Waals surface area contributed by atoms with Crippen molar-refractivity contribution in [2.24, 2.45) is 10.1 Å². The van der Waals surface area contributed by atoms with Gasteiger partial charge in [-0.2, -0.15) is 5.10 Å². The Morgan fingerprint density at radius 3 is 2.72 bits per heavy atom. The second kappa shape index (κ2) is 7.64. The van der Waals surface area contributed by atoms with Gasteiger partial charge in [0, 0.05) is 30.6 Å². The molecule has 0 radical (unpaired) electrons. The van der Waals surface area contributed by atoms with Gasteiger partial charge in [-0.15, -0.1) is 0 Å². The van der Waals surface area contributed by atoms with E-state index in [9.17, 15) is 4.79 Å². The molecule has 134 valence electrons. The van der Waals surface area contributed by atoms with Crippen LogP contribution in [0.2, 0.25) is 0 Å². The molecule has 1 saturated heterocycles. The minimum absolute atomic E-state index is 0.0975. The van der Waals surface area contributed by atoms with Crippen LogP contribution in [0.15, 0.2) is 22.4 Å². The van der Waals surface area contributed by atoms with Gasteiger partial charge in [-0.25, -0.2) is 0 Å². The first-order valence-electron chi connectivity index (χ1n) is 9.31. The number of hydrogen-bond donors (Lipinski definition) is 2. The number of nitrogens with one attached hydrogen (secondary N) is 2. The number of carbonyl (C=O) groups excluding carboxylic acids is 1. The van der Waals surface area contributed by atoms with Gasteiger partial charge in [-0.05, 0) is 31.7 Å². The number of rotatable bonds is 3. The number of hydrogen-bond acceptors (Lipinski definition) is 4. The third-order valence-corrected chi connectivity index (χ3v) is 6.03. The molecule has 1 amide bonds. The largest absolute Gasteiger partial charge is 0.357 e. The van der Waals surface area contributed by atoms with E-state index >= 15 is 0 Å². The van der Waals surface area contributed by atoms with Gasteiger partial charge in [0.2, 0.25) is 0 Å². The summed E-state index contributed by atoms with van der Waals surface area (Å²) in [6, 6.07) is 2.38. The SMILES string of the molecule is O=C(c1cc(C2=NNC(=NC3CCCCC3)SC2)c[nH]1)N1CCCC1. The van der Waals surface area contributed by atoms with Gasteiger partial charge in [-0.1, -0.05) is 31.0 Å². The Morgan fingerprint density at radius 1 is 1.20 bits per heavy atom. The molecule has 2 N–H and O–H groups in total. The lowest BCUT2D eigenvalue weighted by Crippen LogP contribution is -2.28. The van der Waals surface area contributed by atoms with Crippen LogP contribution in [0.5, 0.6) is 0 Å². The second-order valence-corrected chi connectivity index (χ2v) is 7.95. The third kappa shape index (κ3) is 3.92. The van der Waals surface area contributed by atoms with Crippen LogP contribution in [0.25, 0.3) is 0 Å². The molecule has 2 fully saturated rings. The topological polar surface area (TPSA) is 72.8 Å². The summed E-state index contributed by atoms with van der Waals surface area (Å²) in [7, 11) is 0. The number of carbonyl (C=O) groups is 1. The van der Waals surface area contributed by atoms with Crippen molar-refractivity contribution in [2.45, 2.75) is 51.0 Å². The second-order valence-electron chi connectivity index (χ2n) is 6.99. The lowest BCUT2D eigenvalue weighted by molar-refractivity contribution is 0.0787. The number of likely N-dealkylation sites (tertiary alicyclic amines) is 1. The predicted octanol–water partition coefficient (Wildman–Crippen LogP) is 2.98. The van der Waals surface area contributed by atoms with Gasteiger partial charge >= 0.3 is 0 Å². The molecule has 3 aliphatic rings. The Labute approximate surface area is 152 Å². The maximum Gasteiger partial charge on any atom is 0.270 e. The van der Waals surface area contributed by atoms with E-state index < -0.39 is 0 Å². The van der Waals surface area contributed by atoms with Crippen molar-refractivity contribution in [1.29, 1.82) is 0 Å². The van der Waals surface area contributed by atoms with Crippen LogP contribution in [0.3, 0.4) is 0 Å². The molecule has 7 heteroatoms. The lowest BCUT2D eigenvalue weighted by Gasteiger charge is -2.20. The standard InChI is InChI=1S/C18H25N5OS/c24-17(23-8-4-5-9-23)15-10-13(11-19-15)16-12-25-18(22-21-16)20-14-6-2-1-3-7-14/h10-11,14,19H,1-9,12H2,(H,20,22). The highest BCUT2D eigenvalue weighted by Crippen LogP contribution is 2.23. The summed E-state index contributed by atoms with van der Waals surface area (Å²) in [6.45, 7) is 1.74. The minimum atomic E-state index is 0.0975. The molecule has 0 atom stereocenters. The van der Waals surface area contributed by atoms with Crippen LogP contribution >= 0.6 is 11.8 Å². The summed E-state index contributed by atoms with van der Waals surface area (Å²) in [6.07, 6.45) is 10.4. The molecule has 25 heavy (non-hydrogen) atoms. The van der Waals surface area contributed by atoms with Gasteiger partial charge in [0.25, 0.3) is 5.91 Å². The number of aromatic amines is 1. The van der Waals surface area contributed by atoms with Crippen molar-refractivity contribution >= 4 is 28.5 Å². The molecule has 6 nitrogen and oxygen atoms in total. The molecular formula is C18H25N5OS. The summed E-state index contributed by atoms with van der Waals surface area (Å²) < 4.78 is 0. The van der Waals surface area contributed by atoms with Gasteiger partial charge in [0.05, 0.1) is 11.8 Å². The molecule has 0 aromatic carbocycles. The zero-order valence-electron chi connectivity index (χ0n) is 14.5. The summed E-state index contributed by atoms with van der Waals surface area (Å²) in [5, 5.41) is 5.42. The smallest absolute Gasteiger partial charge is 0.270 e. The highest BCUT2D eigenvalue weighted by Gasteiger charge is 2.22. The summed E-state index contributed by atoms with van der Waals surface area (Å²) >= 11 is 1.70. The molecule has 1 aromatic heterocycles. The van der Waals surface area contributed by atoms with Crippen LogP contribution < -0.4 is 5.43 Å². The zero-order chi connectivity index (χ0) is 17.1. The van der Waals surface area contributed by atoms with E-state index in [-0.39, 0.29) is 5.91 Å². The summed E-state index contributed by atoms with van der Waals surface area (Å²) in [5.41, 5.74) is 5.71. The number of thioether (sulfide) groups is 1. The van der Waals surface area contributed by atoms with Crippen LogP contribution in [-0.4, -0.2) is 51.6 Å². The normalized spacial score (nSPS) is 23.6. The summed E-state index contributed by atoms with van der Waals surface area (Å²) in [5.74, 6) is 0.883. The molecular weight excluding hydrogens is 334 g/mol. The van der Waals surface area contributed by atoms with E-state index in [1.54, 1.807) is 11.8 Å². The maximum absolute atomic E-state index is 12.4. The lowest BCUT2D eigenvalue weighted by atomic mass is 9.96. The first-order valence-corrected chi connectivity index (χ1v) is 10.3. The van der Waals surface area contributed by atoms with Gasteiger partial charge in [-0.3, -0.25) is 15.2 Å². The van der Waals surface area contributed by atoms with Gasteiger partial charge in [0.1, 0.15) is 5.69 Å². The monoisotopic (exact) mass is 359 g/mol. The molecule has 3 heterocycles. The third-order valence-electron chi connectivity index (χ3n) is 5.15. The fourth-order valence-corrected chi connectivity index (χ4v) is 4.52. The van der Waals surface area contributed by atoms with E-state index in [4.69, 9.17) is 4.99 Å². The fraction of sp³-hybridized carbons (Fsp3) is 0.611. The van der Waals surface area contributed by atoms with Crippen molar-refractivity contribution in [1.82, 2.24) is 15.3 Å². The van der Waals surface area contributed by atoms with Crippen LogP contribution in [0, 0.1) is 0 Å². The Kier molecular flexibility index (Phi) is 5.10. The average Bonchev–Trinajstić information content (AvgIpc) is 3.35. The highest BCUT2D eigenvalue weighted by atomic mass is 32.2. The van der Waals surface area contributed by atoms with E-state index in [0.717, 1.165) is 48.1 Å². The molecule has 4 rings (SSSR count). The molecule has 0 spiro atoms. The molecule has 1 saturated carbocycles. The first kappa shape index (κ1) is 16.7. The van der Waals surface area contributed by atoms with Crippen molar-refractivity contribution in [3.05, 3.63) is 23.5 Å². The van der Waals surface area contributed by atoms with Crippen LogP contribution in [-0.2, 0) is 0 Å². The molecule has 1 aliphatic carbocycles. The Bertz CT molecular complexity index is 683. The maximum atomic E-state index is 12.4. The number of aliphatic imine (C=N–C) groups is 1. The number of amidine groups is 1. The molecule has 2 aliphatic heterocycles. The average molecular weight is 359 g/mol. The van der Waals surface area contributed by atoms with E-state index in [1.165, 1.54) is 32.1 Å². The molecule has 0 bridgehead atoms. The van der Waals surface area contributed by atoms with E-state index in [1.807, 2.05) is 17.2 Å². The zero-order valence-corrected chi connectivity index (χ0v) is 15.3. The number of hydrazone groups is 1. The van der Waals surface area contributed by atoms with Gasteiger partial charge < -0.3 is 9.88 Å². The van der Waals surface area contributed by atoms with E-state index in [2.05, 4.69) is 15.5 Å². The molecule has 1 aromatic rings. The van der Waals surface area contributed by atoms with Crippen molar-refractivity contribution in [3.63, 3.8) is 0 Å². The van der Waals surface area contributed by atoms with E-state index in [0.29, 0.717) is 11.7 Å². The number of aromatic nitrogens is 1. The quantitative estimate of drug-likeness (QED) is 0.871. The Hall–Kier alpha value is -1.76. The molecule has 0 unspecified atom stereocenters. The van der Waals surface area contributed by atoms with Gasteiger partial charge in [0.15, 0.2) is 5.17 Å². The van der Waals surface area contributed by atoms with Crippen molar-refractivity contribution in [2.75, 3.05) is 18.8 Å². The Morgan fingerprint density at radius 2 is 2.00 bits per heavy atom. The highest BCUT2D eigenvalue weighted by molar-refractivity contribution is 8.14. The van der Waals surface area contributed by atoms with Crippen LogP contribution in [0.4, 0.5) is 0 Å². The number of nitrogens with zero attached hydrogens (tertiary/aromatic N) is 3. The van der Waals surface area contributed by atoms with Crippen molar-refractivity contribution in [3.8, 4) is 0 Å². The Balaban J connectivity index is 1.39. The summed E-state index contributed by atoms with van der Waals surface area (Å²) in [4.78, 5) is 22.3. The van der Waals surface area contributed by atoms with Crippen LogP contribution in [0.1, 0.15) is 61.0 Å². The first-order chi connectivity index (χ1) is 12.3. The number of amides is 1. The minimum Gasteiger partial charge on any atom is -0.357 e. The predicted molar refractivity (Wildman–Crippen MR) is 102 cm³/mol. The fourth-order valence-electron chi connectivity index (χ4n) is 3.68.